The van der Waals surface area contributed by atoms with Crippen LogP contribution in [0, 0.1) is 5.41 Å². The maximum atomic E-state index is 13.5. The van der Waals surface area contributed by atoms with Crippen LogP contribution in [0.5, 0.6) is 5.75 Å². The minimum atomic E-state index is -0.979. The molecule has 0 bridgehead atoms. The molecule has 6 aliphatic rings. The van der Waals surface area contributed by atoms with Gasteiger partial charge in [-0.2, -0.15) is 4.98 Å². The summed E-state index contributed by atoms with van der Waals surface area (Å²) in [5.41, 5.74) is 2.82. The van der Waals surface area contributed by atoms with Crippen molar-refractivity contribution in [3.8, 4) is 5.75 Å². The first-order valence-corrected chi connectivity index (χ1v) is 24.2. The average Bonchev–Trinajstić information content (AvgIpc) is 3.83. The molecule has 19 heteroatoms. The van der Waals surface area contributed by atoms with Crippen LogP contribution in [0.25, 0.3) is 10.9 Å². The number of likely N-dealkylation sites (N-methyl/N-ethyl adjacent to an activating group) is 1. The quantitative estimate of drug-likeness (QED) is 0.164. The van der Waals surface area contributed by atoms with Crippen molar-refractivity contribution in [2.24, 2.45) is 5.41 Å². The molecule has 5 fully saturated rings. The third-order valence-corrected chi connectivity index (χ3v) is 15.0. The number of hydrogen-bond acceptors (Lipinski definition) is 14. The molecule has 5 aliphatic heterocycles. The van der Waals surface area contributed by atoms with Crippen LogP contribution in [0.1, 0.15) is 98.4 Å². The van der Waals surface area contributed by atoms with Gasteiger partial charge in [0.2, 0.25) is 17.8 Å². The van der Waals surface area contributed by atoms with Crippen LogP contribution >= 0.6 is 11.6 Å². The van der Waals surface area contributed by atoms with Crippen LogP contribution < -0.4 is 36.0 Å². The topological polar surface area (TPSA) is 201 Å². The molecule has 2 atom stereocenters. The molecule has 1 aliphatic carbocycles. The number of aromatic nitrogens is 3. The lowest BCUT2D eigenvalue weighted by Crippen LogP contribution is -2.55. The summed E-state index contributed by atoms with van der Waals surface area (Å²) >= 11 is 6.62. The number of imide groups is 2. The molecule has 0 radical (unpaired) electrons. The van der Waals surface area contributed by atoms with Crippen LogP contribution in [-0.4, -0.2) is 131 Å². The van der Waals surface area contributed by atoms with Gasteiger partial charge in [0, 0.05) is 80.5 Å². The molecular formula is C49H57ClN10O8. The van der Waals surface area contributed by atoms with Crippen molar-refractivity contribution in [2.75, 3.05) is 68.0 Å². The van der Waals surface area contributed by atoms with Crippen molar-refractivity contribution in [3.63, 3.8) is 0 Å². The number of rotatable bonds is 12. The minimum Gasteiger partial charge on any atom is -0.478 e. The summed E-state index contributed by atoms with van der Waals surface area (Å²) in [4.78, 5) is 93.8. The van der Waals surface area contributed by atoms with Crippen LogP contribution in [0.15, 0.2) is 53.5 Å². The standard InChI is InChI=1S/C49H57ClN10O8/c1-28(2)59-38-8-5-30(19-29(38)20-40(47(59)66)67-25-42(62)51-3)53-43-37(50)24-52-48(55-43)56-16-11-33(12-17-56)68-34-21-32(22-34)57-15-4-13-49(26-57)14-18-58(27-49)31-6-7-35-36(23-31)46(65)60(45(35)64)39-9-10-41(61)54-44(39)63/h5-8,19-20,23-24,28,32-34,39H,4,9-18,21-22,25-27H2,1-3H3,(H,51,62)(H,52,53,55)(H,54,61,63)/t32?,34?,39-,49?/m1/s1. The normalized spacial score (nSPS) is 24.5. The average molecular weight is 950 g/mol. The van der Waals surface area contributed by atoms with Gasteiger partial charge in [-0.15, -0.1) is 0 Å². The molecule has 18 nitrogen and oxygen atoms in total. The van der Waals surface area contributed by atoms with Gasteiger partial charge in [-0.25, -0.2) is 4.98 Å². The highest BCUT2D eigenvalue weighted by atomic mass is 35.5. The molecule has 358 valence electrons. The number of anilines is 4. The summed E-state index contributed by atoms with van der Waals surface area (Å²) in [6.07, 6.45) is 9.35. The van der Waals surface area contributed by atoms with Crippen molar-refractivity contribution in [1.29, 1.82) is 0 Å². The van der Waals surface area contributed by atoms with Crippen molar-refractivity contribution in [3.05, 3.63) is 75.2 Å². The van der Waals surface area contributed by atoms with E-state index in [4.69, 9.17) is 26.1 Å². The molecule has 2 aromatic carbocycles. The number of carbonyl (C=O) groups excluding carboxylic acids is 5. The predicted octanol–water partition coefficient (Wildman–Crippen LogP) is 4.80. The molecule has 3 N–H and O–H groups in total. The second-order valence-electron chi connectivity index (χ2n) is 19.5. The van der Waals surface area contributed by atoms with Gasteiger partial charge in [0.1, 0.15) is 11.1 Å². The van der Waals surface area contributed by atoms with Crippen LogP contribution in [0.2, 0.25) is 5.02 Å². The Morgan fingerprint density at radius 2 is 1.71 bits per heavy atom. The lowest BCUT2D eigenvalue weighted by Gasteiger charge is -2.50. The fraction of sp³-hybridized carbons (Fsp3) is 0.510. The van der Waals surface area contributed by atoms with Crippen LogP contribution in [0.3, 0.4) is 0 Å². The highest BCUT2D eigenvalue weighted by molar-refractivity contribution is 6.33. The van der Waals surface area contributed by atoms with Crippen LogP contribution in [0.4, 0.5) is 23.1 Å². The fourth-order valence-electron chi connectivity index (χ4n) is 11.1. The van der Waals surface area contributed by atoms with Gasteiger partial charge in [-0.05, 0) is 114 Å². The first kappa shape index (κ1) is 45.7. The second-order valence-corrected chi connectivity index (χ2v) is 19.9. The number of ether oxygens (including phenoxy) is 2. The predicted molar refractivity (Wildman–Crippen MR) is 255 cm³/mol. The summed E-state index contributed by atoms with van der Waals surface area (Å²) in [6, 6.07) is 12.1. The van der Waals surface area contributed by atoms with Gasteiger partial charge in [-0.3, -0.25) is 43.9 Å². The molecule has 68 heavy (non-hydrogen) atoms. The molecule has 2 aromatic heterocycles. The summed E-state index contributed by atoms with van der Waals surface area (Å²) in [5.74, 6) is -1.16. The van der Waals surface area contributed by atoms with E-state index >= 15 is 0 Å². The third kappa shape index (κ3) is 8.77. The molecule has 5 amide bonds. The Balaban J connectivity index is 0.707. The monoisotopic (exact) mass is 948 g/mol. The first-order valence-electron chi connectivity index (χ1n) is 23.8. The van der Waals surface area contributed by atoms with Gasteiger partial charge in [0.15, 0.2) is 18.2 Å². The summed E-state index contributed by atoms with van der Waals surface area (Å²) in [5, 5.41) is 9.23. The van der Waals surface area contributed by atoms with E-state index < -0.39 is 29.7 Å². The molecule has 1 spiro atoms. The van der Waals surface area contributed by atoms with Gasteiger partial charge in [-0.1, -0.05) is 11.6 Å². The number of amides is 5. The zero-order chi connectivity index (χ0) is 47.4. The van der Waals surface area contributed by atoms with Crippen molar-refractivity contribution in [2.45, 2.75) is 102 Å². The molecule has 1 unspecified atom stereocenters. The van der Waals surface area contributed by atoms with Gasteiger partial charge >= 0.3 is 0 Å². The highest BCUT2D eigenvalue weighted by Gasteiger charge is 2.48. The fourth-order valence-corrected chi connectivity index (χ4v) is 11.2. The second kappa shape index (κ2) is 18.4. The number of benzene rings is 2. The summed E-state index contributed by atoms with van der Waals surface area (Å²) in [7, 11) is 1.51. The van der Waals surface area contributed by atoms with E-state index in [9.17, 15) is 28.8 Å². The van der Waals surface area contributed by atoms with Crippen LogP contribution in [-0.2, 0) is 19.1 Å². The highest BCUT2D eigenvalue weighted by Crippen LogP contribution is 2.44. The SMILES string of the molecule is CNC(=O)COc1cc2cc(Nc3nc(N4CCC(OC5CC(N6CCCC7(CCN(c8ccc9c(c8)C(=O)N([C@@H]8CCC(=O)NC8=O)C9=O)C7)C6)C5)CC4)ncc3Cl)ccc2n(C(C)C)c1=O. The smallest absolute Gasteiger partial charge is 0.293 e. The van der Waals surface area contributed by atoms with E-state index in [2.05, 4.69) is 35.6 Å². The third-order valence-electron chi connectivity index (χ3n) is 14.8. The maximum absolute atomic E-state index is 13.5. The molecule has 4 saturated heterocycles. The van der Waals surface area contributed by atoms with E-state index in [1.54, 1.807) is 22.9 Å². The lowest BCUT2D eigenvalue weighted by atomic mass is 9.76. The summed E-state index contributed by atoms with van der Waals surface area (Å²) in [6.45, 7) is 8.94. The number of pyridine rings is 1. The van der Waals surface area contributed by atoms with E-state index in [0.29, 0.717) is 39.6 Å². The Labute approximate surface area is 398 Å². The van der Waals surface area contributed by atoms with Gasteiger partial charge in [0.05, 0.1) is 35.0 Å². The van der Waals surface area contributed by atoms with Gasteiger partial charge in [0.25, 0.3) is 23.3 Å². The van der Waals surface area contributed by atoms with E-state index in [-0.39, 0.29) is 60.3 Å². The Kier molecular flexibility index (Phi) is 12.4. The Morgan fingerprint density at radius 3 is 2.47 bits per heavy atom. The number of nitrogens with one attached hydrogen (secondary N) is 3. The molecule has 4 aromatic rings. The molecule has 1 saturated carbocycles. The van der Waals surface area contributed by atoms with E-state index in [0.717, 1.165) is 106 Å². The van der Waals surface area contributed by atoms with Crippen molar-refractivity contribution >= 4 is 75.2 Å². The Morgan fingerprint density at radius 1 is 0.912 bits per heavy atom. The number of likely N-dealkylation sites (tertiary alicyclic amines) is 1. The number of nitrogens with zero attached hydrogens (tertiary/aromatic N) is 7. The summed E-state index contributed by atoms with van der Waals surface area (Å²) < 4.78 is 14.0. The van der Waals surface area contributed by atoms with Crippen molar-refractivity contribution in [1.82, 2.24) is 35.0 Å². The molecule has 7 heterocycles. The number of fused-ring (bicyclic) bond motifs is 2. The van der Waals surface area contributed by atoms with E-state index in [1.807, 2.05) is 44.2 Å². The first-order chi connectivity index (χ1) is 32.8. The van der Waals surface area contributed by atoms with E-state index in [1.165, 1.54) is 7.05 Å². The lowest BCUT2D eigenvalue weighted by molar-refractivity contribution is -0.136. The maximum Gasteiger partial charge on any atom is 0.293 e. The number of halogens is 1. The largest absolute Gasteiger partial charge is 0.478 e. The molecule has 10 rings (SSSR count). The van der Waals surface area contributed by atoms with Crippen molar-refractivity contribution < 1.29 is 33.4 Å². The number of hydrogen-bond donors (Lipinski definition) is 3. The molecular weight excluding hydrogens is 892 g/mol. The minimum absolute atomic E-state index is 0.0894. The Hall–Kier alpha value is -6.11. The van der Waals surface area contributed by atoms with Gasteiger partial charge < -0.3 is 34.5 Å². The number of piperidine rings is 3. The Bertz CT molecular complexity index is 2750. The zero-order valence-corrected chi connectivity index (χ0v) is 39.3. The number of carbonyl (C=O) groups is 5. The zero-order valence-electron chi connectivity index (χ0n) is 38.6.